The number of anilines is 2. The van der Waals surface area contributed by atoms with Gasteiger partial charge in [0.15, 0.2) is 0 Å². The maximum atomic E-state index is 13.1. The molecule has 0 spiro atoms. The van der Waals surface area contributed by atoms with Crippen LogP contribution < -0.4 is 9.80 Å². The number of likely N-dealkylation sites (N-methyl/N-ethyl adjacent to an activating group) is 1. The maximum absolute atomic E-state index is 13.1. The van der Waals surface area contributed by atoms with Crippen LogP contribution in [0.4, 0.5) is 11.4 Å². The highest BCUT2D eigenvalue weighted by molar-refractivity contribution is 6.53. The number of hydrogen-bond donors (Lipinski definition) is 0. The first kappa shape index (κ1) is 18.7. The third-order valence-corrected chi connectivity index (χ3v) is 4.55. The molecule has 2 aromatic rings. The highest BCUT2D eigenvalue weighted by Crippen LogP contribution is 2.35. The number of ether oxygens (including phenoxy) is 1. The van der Waals surface area contributed by atoms with Gasteiger partial charge in [0, 0.05) is 12.2 Å². The van der Waals surface area contributed by atoms with E-state index in [9.17, 15) is 14.4 Å². The van der Waals surface area contributed by atoms with Crippen molar-refractivity contribution >= 4 is 40.8 Å². The summed E-state index contributed by atoms with van der Waals surface area (Å²) >= 11 is 6.27. The zero-order chi connectivity index (χ0) is 19.6. The quantitative estimate of drug-likeness (QED) is 0.584. The highest BCUT2D eigenvalue weighted by Gasteiger charge is 2.42. The molecular weight excluding hydrogens is 368 g/mol. The Labute approximate surface area is 161 Å². The van der Waals surface area contributed by atoms with Crippen LogP contribution in [0.1, 0.15) is 17.3 Å². The molecule has 2 amide bonds. The van der Waals surface area contributed by atoms with E-state index in [1.807, 2.05) is 37.3 Å². The van der Waals surface area contributed by atoms with E-state index in [0.717, 1.165) is 10.6 Å². The number of rotatable bonds is 5. The second-order valence-corrected chi connectivity index (χ2v) is 6.07. The van der Waals surface area contributed by atoms with Crippen molar-refractivity contribution in [3.05, 3.63) is 70.9 Å². The fourth-order valence-electron chi connectivity index (χ4n) is 2.97. The number of imide groups is 1. The molecule has 0 unspecified atom stereocenters. The van der Waals surface area contributed by atoms with E-state index >= 15 is 0 Å². The molecule has 3 rings (SSSR count). The molecule has 138 valence electrons. The van der Waals surface area contributed by atoms with Gasteiger partial charge in [-0.25, -0.2) is 9.69 Å². The van der Waals surface area contributed by atoms with Gasteiger partial charge in [0.05, 0.1) is 18.4 Å². The lowest BCUT2D eigenvalue weighted by molar-refractivity contribution is -0.120. The highest BCUT2D eigenvalue weighted by atomic mass is 35.5. The van der Waals surface area contributed by atoms with Crippen molar-refractivity contribution in [3.8, 4) is 0 Å². The first-order valence-electron chi connectivity index (χ1n) is 8.29. The first-order valence-corrected chi connectivity index (χ1v) is 8.67. The fraction of sp³-hybridized carbons (Fsp3) is 0.150. The Bertz CT molecular complexity index is 940. The van der Waals surface area contributed by atoms with Crippen LogP contribution in [0.5, 0.6) is 0 Å². The van der Waals surface area contributed by atoms with Gasteiger partial charge >= 0.3 is 5.97 Å². The van der Waals surface area contributed by atoms with Crippen LogP contribution in [0, 0.1) is 0 Å². The summed E-state index contributed by atoms with van der Waals surface area (Å²) in [6, 6.07) is 15.4. The van der Waals surface area contributed by atoms with E-state index in [1.165, 1.54) is 19.2 Å². The van der Waals surface area contributed by atoms with Crippen molar-refractivity contribution in [1.82, 2.24) is 0 Å². The minimum Gasteiger partial charge on any atom is -0.465 e. The van der Waals surface area contributed by atoms with Gasteiger partial charge < -0.3 is 9.64 Å². The molecule has 27 heavy (non-hydrogen) atoms. The maximum Gasteiger partial charge on any atom is 0.339 e. The average molecular weight is 385 g/mol. The monoisotopic (exact) mass is 384 g/mol. The molecule has 1 aliphatic rings. The van der Waals surface area contributed by atoms with E-state index in [1.54, 1.807) is 17.0 Å². The standard InChI is InChI=1S/C20H17ClN2O4/c1-3-22(13-9-5-4-6-10-13)17-16(21)18(24)23(19(17)25)15-12-8-7-11-14(15)20(26)27-2/h4-12H,3H2,1-2H3. The normalized spacial score (nSPS) is 14.0. The molecule has 1 heterocycles. The fourth-order valence-corrected chi connectivity index (χ4v) is 3.24. The van der Waals surface area contributed by atoms with Crippen molar-refractivity contribution in [2.75, 3.05) is 23.5 Å². The summed E-state index contributed by atoms with van der Waals surface area (Å²) < 4.78 is 4.75. The number of carbonyl (C=O) groups excluding carboxylic acids is 3. The lowest BCUT2D eigenvalue weighted by Crippen LogP contribution is -2.36. The van der Waals surface area contributed by atoms with Gasteiger partial charge in [-0.1, -0.05) is 41.9 Å². The summed E-state index contributed by atoms with van der Waals surface area (Å²) in [5.41, 5.74) is 1.05. The number of benzene rings is 2. The van der Waals surface area contributed by atoms with Gasteiger partial charge in [-0.2, -0.15) is 0 Å². The number of amides is 2. The van der Waals surface area contributed by atoms with Crippen molar-refractivity contribution in [2.45, 2.75) is 6.92 Å². The number of carbonyl (C=O) groups is 3. The van der Waals surface area contributed by atoms with Crippen LogP contribution in [0.2, 0.25) is 0 Å². The molecule has 7 heteroatoms. The van der Waals surface area contributed by atoms with Gasteiger partial charge in [-0.15, -0.1) is 0 Å². The molecule has 1 aliphatic heterocycles. The van der Waals surface area contributed by atoms with E-state index < -0.39 is 17.8 Å². The average Bonchev–Trinajstić information content (AvgIpc) is 2.92. The van der Waals surface area contributed by atoms with E-state index in [-0.39, 0.29) is 22.0 Å². The first-order chi connectivity index (χ1) is 13.0. The Balaban J connectivity index is 2.07. The summed E-state index contributed by atoms with van der Waals surface area (Å²) in [4.78, 5) is 40.5. The van der Waals surface area contributed by atoms with Crippen LogP contribution in [-0.4, -0.2) is 31.4 Å². The summed E-state index contributed by atoms with van der Waals surface area (Å²) in [5, 5.41) is -0.189. The lowest BCUT2D eigenvalue weighted by Gasteiger charge is -2.24. The predicted octanol–water partition coefficient (Wildman–Crippen LogP) is 3.32. The molecule has 0 bridgehead atoms. The molecular formula is C20H17ClN2O4. The van der Waals surface area contributed by atoms with Crippen LogP contribution >= 0.6 is 11.6 Å². The molecule has 0 atom stereocenters. The van der Waals surface area contributed by atoms with Crippen molar-refractivity contribution in [2.24, 2.45) is 0 Å². The number of methoxy groups -OCH3 is 1. The number of esters is 1. The topological polar surface area (TPSA) is 66.9 Å². The molecule has 0 N–H and O–H groups in total. The lowest BCUT2D eigenvalue weighted by atomic mass is 10.1. The molecule has 0 saturated heterocycles. The number of nitrogens with zero attached hydrogens (tertiary/aromatic N) is 2. The summed E-state index contributed by atoms with van der Waals surface area (Å²) in [7, 11) is 1.23. The van der Waals surface area contributed by atoms with Crippen LogP contribution in [0.3, 0.4) is 0 Å². The van der Waals surface area contributed by atoms with Gasteiger partial charge in [0.25, 0.3) is 11.8 Å². The molecule has 0 radical (unpaired) electrons. The van der Waals surface area contributed by atoms with Crippen molar-refractivity contribution < 1.29 is 19.1 Å². The minimum atomic E-state index is -0.678. The molecule has 0 saturated carbocycles. The summed E-state index contributed by atoms with van der Waals surface area (Å²) in [6.07, 6.45) is 0. The SMILES string of the molecule is CCN(C1=C(Cl)C(=O)N(c2ccccc2C(=O)OC)C1=O)c1ccccc1. The third kappa shape index (κ3) is 3.19. The Morgan fingerprint density at radius 2 is 1.67 bits per heavy atom. The molecule has 2 aromatic carbocycles. The largest absolute Gasteiger partial charge is 0.465 e. The van der Waals surface area contributed by atoms with E-state index in [2.05, 4.69) is 0 Å². The predicted molar refractivity (Wildman–Crippen MR) is 103 cm³/mol. The van der Waals surface area contributed by atoms with Crippen LogP contribution in [0.15, 0.2) is 65.3 Å². The molecule has 0 aromatic heterocycles. The zero-order valence-corrected chi connectivity index (χ0v) is 15.6. The molecule has 6 nitrogen and oxygen atoms in total. The van der Waals surface area contributed by atoms with Crippen molar-refractivity contribution in [1.29, 1.82) is 0 Å². The van der Waals surface area contributed by atoms with Gasteiger partial charge in [-0.3, -0.25) is 9.59 Å². The molecule has 0 aliphatic carbocycles. The molecule has 0 fully saturated rings. The Morgan fingerprint density at radius 1 is 1.04 bits per heavy atom. The van der Waals surface area contributed by atoms with Crippen LogP contribution in [-0.2, 0) is 14.3 Å². The third-order valence-electron chi connectivity index (χ3n) is 4.21. The van der Waals surface area contributed by atoms with Gasteiger partial charge in [0.2, 0.25) is 0 Å². The second kappa shape index (κ2) is 7.63. The zero-order valence-electron chi connectivity index (χ0n) is 14.8. The van der Waals surface area contributed by atoms with E-state index in [4.69, 9.17) is 16.3 Å². The number of halogens is 1. The Kier molecular flexibility index (Phi) is 5.28. The second-order valence-electron chi connectivity index (χ2n) is 5.70. The smallest absolute Gasteiger partial charge is 0.339 e. The summed E-state index contributed by atoms with van der Waals surface area (Å²) in [6.45, 7) is 2.29. The summed E-state index contributed by atoms with van der Waals surface area (Å²) in [5.74, 6) is -1.92. The number of hydrogen-bond acceptors (Lipinski definition) is 5. The Hall–Kier alpha value is -3.12. The Morgan fingerprint density at radius 3 is 2.30 bits per heavy atom. The van der Waals surface area contributed by atoms with Crippen LogP contribution in [0.25, 0.3) is 0 Å². The van der Waals surface area contributed by atoms with Gasteiger partial charge in [0.1, 0.15) is 10.7 Å². The number of para-hydroxylation sites is 2. The van der Waals surface area contributed by atoms with Gasteiger partial charge in [-0.05, 0) is 31.2 Å². The van der Waals surface area contributed by atoms with Crippen molar-refractivity contribution in [3.63, 3.8) is 0 Å². The minimum absolute atomic E-state index is 0.0787. The van der Waals surface area contributed by atoms with E-state index in [0.29, 0.717) is 6.54 Å².